The van der Waals surface area contributed by atoms with Crippen molar-refractivity contribution in [3.05, 3.63) is 58.1 Å². The molecule has 1 unspecified atom stereocenters. The highest BCUT2D eigenvalue weighted by molar-refractivity contribution is 6.46. The number of ketones is 1. The minimum Gasteiger partial charge on any atom is -0.508 e. The van der Waals surface area contributed by atoms with Crippen molar-refractivity contribution in [3.8, 4) is 17.2 Å². The van der Waals surface area contributed by atoms with Gasteiger partial charge in [-0.2, -0.15) is 0 Å². The zero-order chi connectivity index (χ0) is 22.0. The Hall–Kier alpha value is -3.19. The Morgan fingerprint density at radius 3 is 2.30 bits per heavy atom. The van der Waals surface area contributed by atoms with Crippen molar-refractivity contribution in [1.29, 1.82) is 0 Å². The molecule has 3 rings (SSSR count). The molecule has 2 aromatic carbocycles. The Kier molecular flexibility index (Phi) is 6.22. The summed E-state index contributed by atoms with van der Waals surface area (Å²) in [6.45, 7) is 2.22. The van der Waals surface area contributed by atoms with E-state index >= 15 is 0 Å². The predicted octanol–water partition coefficient (Wildman–Crippen LogP) is 3.89. The number of likely N-dealkylation sites (tertiary alicyclic amines) is 1. The van der Waals surface area contributed by atoms with Crippen LogP contribution in [0.25, 0.3) is 5.76 Å². The first-order valence-corrected chi connectivity index (χ1v) is 9.71. The number of aromatic hydroxyl groups is 1. The summed E-state index contributed by atoms with van der Waals surface area (Å²) in [6, 6.07) is 8.27. The number of carbonyl (C=O) groups excluding carboxylic acids is 2. The molecule has 0 bridgehead atoms. The normalized spacial score (nSPS) is 18.0. The molecule has 1 amide bonds. The van der Waals surface area contributed by atoms with Crippen molar-refractivity contribution < 1.29 is 29.3 Å². The van der Waals surface area contributed by atoms with Crippen LogP contribution in [0.3, 0.4) is 0 Å². The molecule has 0 saturated carbocycles. The average molecular weight is 432 g/mol. The minimum absolute atomic E-state index is 0.0512. The van der Waals surface area contributed by atoms with Gasteiger partial charge in [0.15, 0.2) is 0 Å². The lowest BCUT2D eigenvalue weighted by Gasteiger charge is -2.25. The first kappa shape index (κ1) is 21.5. The highest BCUT2D eigenvalue weighted by atomic mass is 35.5. The highest BCUT2D eigenvalue weighted by Crippen LogP contribution is 2.43. The van der Waals surface area contributed by atoms with Gasteiger partial charge in [0, 0.05) is 12.6 Å². The molecule has 1 saturated heterocycles. The summed E-state index contributed by atoms with van der Waals surface area (Å²) in [6.07, 6.45) is 0.625. The number of halogens is 1. The first-order valence-electron chi connectivity index (χ1n) is 9.33. The number of nitrogens with zero attached hydrogens (tertiary/aromatic N) is 1. The second-order valence-corrected chi connectivity index (χ2v) is 7.18. The van der Waals surface area contributed by atoms with Crippen molar-refractivity contribution in [2.75, 3.05) is 20.8 Å². The third-order valence-corrected chi connectivity index (χ3v) is 5.24. The molecule has 2 aromatic rings. The summed E-state index contributed by atoms with van der Waals surface area (Å²) in [5, 5.41) is 21.1. The monoisotopic (exact) mass is 431 g/mol. The molecule has 8 heteroatoms. The molecule has 2 N–H and O–H groups in total. The molecule has 0 spiro atoms. The molecule has 0 aromatic heterocycles. The number of phenolic OH excluding ortho intramolecular Hbond substituents is 1. The number of methoxy groups -OCH3 is 2. The van der Waals surface area contributed by atoms with E-state index in [9.17, 15) is 19.8 Å². The topological polar surface area (TPSA) is 96.3 Å². The van der Waals surface area contributed by atoms with Crippen LogP contribution in [-0.4, -0.2) is 47.6 Å². The minimum atomic E-state index is -0.808. The zero-order valence-electron chi connectivity index (χ0n) is 16.8. The maximum Gasteiger partial charge on any atom is 0.295 e. The molecule has 158 valence electrons. The van der Waals surface area contributed by atoms with Gasteiger partial charge >= 0.3 is 0 Å². The quantitative estimate of drug-likeness (QED) is 0.409. The van der Waals surface area contributed by atoms with Crippen molar-refractivity contribution in [1.82, 2.24) is 4.90 Å². The third-order valence-electron chi connectivity index (χ3n) is 4.94. The predicted molar refractivity (Wildman–Crippen MR) is 112 cm³/mol. The smallest absolute Gasteiger partial charge is 0.295 e. The van der Waals surface area contributed by atoms with Crippen molar-refractivity contribution in [2.45, 2.75) is 19.4 Å². The molecule has 0 aliphatic carbocycles. The third kappa shape index (κ3) is 3.68. The summed E-state index contributed by atoms with van der Waals surface area (Å²) in [5.74, 6) is -1.33. The maximum atomic E-state index is 12.9. The fraction of sp³-hybridized carbons (Fsp3) is 0.273. The fourth-order valence-corrected chi connectivity index (χ4v) is 3.78. The van der Waals surface area contributed by atoms with Gasteiger partial charge in [-0.15, -0.1) is 0 Å². The Labute approximate surface area is 179 Å². The molecule has 1 heterocycles. The fourth-order valence-electron chi connectivity index (χ4n) is 3.55. The Balaban J connectivity index is 2.26. The Morgan fingerprint density at radius 1 is 1.10 bits per heavy atom. The van der Waals surface area contributed by atoms with Crippen LogP contribution in [0.1, 0.15) is 30.5 Å². The number of aliphatic hydroxyl groups is 1. The summed E-state index contributed by atoms with van der Waals surface area (Å²) >= 11 is 6.14. The van der Waals surface area contributed by atoms with Crippen molar-refractivity contribution in [2.24, 2.45) is 0 Å². The molecule has 1 fully saturated rings. The molecule has 0 radical (unpaired) electrons. The number of rotatable bonds is 6. The van der Waals surface area contributed by atoms with Crippen molar-refractivity contribution in [3.63, 3.8) is 0 Å². The van der Waals surface area contributed by atoms with Crippen LogP contribution >= 0.6 is 11.6 Å². The van der Waals surface area contributed by atoms with Gasteiger partial charge in [0.2, 0.25) is 0 Å². The molecular formula is C22H22ClNO6. The van der Waals surface area contributed by atoms with E-state index in [-0.39, 0.29) is 33.4 Å². The van der Waals surface area contributed by atoms with Gasteiger partial charge in [-0.3, -0.25) is 9.59 Å². The van der Waals surface area contributed by atoms with Crippen LogP contribution in [0, 0.1) is 0 Å². The lowest BCUT2D eigenvalue weighted by Crippen LogP contribution is -2.30. The van der Waals surface area contributed by atoms with E-state index in [1.54, 1.807) is 12.1 Å². The number of ether oxygens (including phenoxy) is 2. The molecule has 7 nitrogen and oxygen atoms in total. The van der Waals surface area contributed by atoms with E-state index in [1.165, 1.54) is 43.4 Å². The maximum absolute atomic E-state index is 12.9. The standard InChI is InChI=1S/C22H22ClNO6/c1-4-9-24-19(12-5-7-13(25)8-6-12)18(21(27)22(24)28)20(26)14-10-17(30-3)15(23)11-16(14)29-2/h5-8,10-11,19,25-26H,4,9H2,1-3H3/b20-18+. The number of carbonyl (C=O) groups is 2. The van der Waals surface area contributed by atoms with Gasteiger partial charge in [0.25, 0.3) is 11.7 Å². The molecule has 1 aliphatic rings. The van der Waals surface area contributed by atoms with Crippen LogP contribution < -0.4 is 9.47 Å². The number of aliphatic hydroxyl groups excluding tert-OH is 1. The van der Waals surface area contributed by atoms with Crippen LogP contribution in [-0.2, 0) is 9.59 Å². The van der Waals surface area contributed by atoms with Gasteiger partial charge in [-0.05, 0) is 30.2 Å². The lowest BCUT2D eigenvalue weighted by atomic mass is 9.94. The van der Waals surface area contributed by atoms with E-state index in [1.807, 2.05) is 6.92 Å². The first-order chi connectivity index (χ1) is 14.3. The van der Waals surface area contributed by atoms with Gasteiger partial charge in [-0.25, -0.2) is 0 Å². The Morgan fingerprint density at radius 2 is 1.73 bits per heavy atom. The van der Waals surface area contributed by atoms with Crippen LogP contribution in [0.4, 0.5) is 0 Å². The largest absolute Gasteiger partial charge is 0.508 e. The average Bonchev–Trinajstić information content (AvgIpc) is 2.99. The van der Waals surface area contributed by atoms with E-state index in [2.05, 4.69) is 0 Å². The Bertz CT molecular complexity index is 1020. The number of Topliss-reactive ketones (excluding diaryl/α,β-unsaturated/α-hetero) is 1. The van der Waals surface area contributed by atoms with E-state index in [0.717, 1.165) is 0 Å². The van der Waals surface area contributed by atoms with Crippen molar-refractivity contribution >= 4 is 29.1 Å². The SMILES string of the molecule is CCCN1C(=O)C(=O)/C(=C(/O)c2cc(OC)c(Cl)cc2OC)C1c1ccc(O)cc1. The van der Waals surface area contributed by atoms with E-state index < -0.39 is 23.5 Å². The number of benzene rings is 2. The number of phenols is 1. The molecule has 1 aliphatic heterocycles. The van der Waals surface area contributed by atoms with E-state index in [4.69, 9.17) is 21.1 Å². The van der Waals surface area contributed by atoms with Crippen LogP contribution in [0.2, 0.25) is 5.02 Å². The second-order valence-electron chi connectivity index (χ2n) is 6.77. The highest BCUT2D eigenvalue weighted by Gasteiger charge is 2.46. The molecular weight excluding hydrogens is 410 g/mol. The number of hydrogen-bond acceptors (Lipinski definition) is 6. The van der Waals surface area contributed by atoms with Gasteiger partial charge in [0.1, 0.15) is 23.0 Å². The van der Waals surface area contributed by atoms with Gasteiger partial charge < -0.3 is 24.6 Å². The summed E-state index contributed by atoms with van der Waals surface area (Å²) in [7, 11) is 2.83. The van der Waals surface area contributed by atoms with Gasteiger partial charge in [0.05, 0.1) is 36.4 Å². The lowest BCUT2D eigenvalue weighted by molar-refractivity contribution is -0.139. The van der Waals surface area contributed by atoms with Gasteiger partial charge in [-0.1, -0.05) is 30.7 Å². The number of hydrogen-bond donors (Lipinski definition) is 2. The summed E-state index contributed by atoms with van der Waals surface area (Å²) < 4.78 is 10.5. The van der Waals surface area contributed by atoms with Crippen LogP contribution in [0.5, 0.6) is 17.2 Å². The second kappa shape index (κ2) is 8.67. The molecule has 30 heavy (non-hydrogen) atoms. The number of amides is 1. The summed E-state index contributed by atoms with van der Waals surface area (Å²) in [5.41, 5.74) is 0.695. The zero-order valence-corrected chi connectivity index (χ0v) is 17.6. The van der Waals surface area contributed by atoms with Crippen LogP contribution in [0.15, 0.2) is 42.0 Å². The summed E-state index contributed by atoms with van der Waals surface area (Å²) in [4.78, 5) is 27.1. The van der Waals surface area contributed by atoms with E-state index in [0.29, 0.717) is 18.5 Å². The molecule has 1 atom stereocenters.